The zero-order valence-corrected chi connectivity index (χ0v) is 15.4. The van der Waals surface area contributed by atoms with Crippen LogP contribution in [0.1, 0.15) is 38.1 Å². The van der Waals surface area contributed by atoms with Crippen LogP contribution in [-0.2, 0) is 11.2 Å². The van der Waals surface area contributed by atoms with E-state index < -0.39 is 0 Å². The van der Waals surface area contributed by atoms with Gasteiger partial charge in [0, 0.05) is 19.5 Å². The summed E-state index contributed by atoms with van der Waals surface area (Å²) in [7, 11) is 0. The van der Waals surface area contributed by atoms with Gasteiger partial charge in [-0.15, -0.1) is 11.3 Å². The topological polar surface area (TPSA) is 59.2 Å². The monoisotopic (exact) mass is 345 g/mol. The van der Waals surface area contributed by atoms with Crippen molar-refractivity contribution in [3.63, 3.8) is 0 Å². The molecule has 0 bridgehead atoms. The first-order valence-electron chi connectivity index (χ1n) is 8.95. The Morgan fingerprint density at radius 3 is 2.75 bits per heavy atom. The molecule has 3 rings (SSSR count). The standard InChI is InChI=1S/C19H27N3OS/c1-3-19(4-2,18(23)22-10-9-14(12-20)13-22)11-17-21-15-7-5-6-8-16(15)24-17/h5-8,14H,3-4,9-13,20H2,1-2H3. The Balaban J connectivity index is 1.83. The Bertz CT molecular complexity index is 674. The van der Waals surface area contributed by atoms with E-state index in [0.717, 1.165) is 49.3 Å². The van der Waals surface area contributed by atoms with Crippen LogP contribution in [0.5, 0.6) is 0 Å². The highest BCUT2D eigenvalue weighted by Crippen LogP contribution is 2.37. The molecule has 2 N–H and O–H groups in total. The number of fused-ring (bicyclic) bond motifs is 1. The Morgan fingerprint density at radius 2 is 2.12 bits per heavy atom. The highest BCUT2D eigenvalue weighted by atomic mass is 32.1. The molecule has 24 heavy (non-hydrogen) atoms. The van der Waals surface area contributed by atoms with E-state index in [1.807, 2.05) is 23.1 Å². The molecule has 1 saturated heterocycles. The van der Waals surface area contributed by atoms with Gasteiger partial charge in [-0.25, -0.2) is 4.98 Å². The lowest BCUT2D eigenvalue weighted by Gasteiger charge is -2.34. The number of nitrogens with zero attached hydrogens (tertiary/aromatic N) is 2. The molecule has 1 atom stereocenters. The van der Waals surface area contributed by atoms with Gasteiger partial charge in [-0.05, 0) is 43.9 Å². The number of nitrogens with two attached hydrogens (primary N) is 1. The second-order valence-electron chi connectivity index (χ2n) is 6.88. The summed E-state index contributed by atoms with van der Waals surface area (Å²) in [6.07, 6.45) is 3.47. The van der Waals surface area contributed by atoms with Gasteiger partial charge in [0.1, 0.15) is 0 Å². The molecule has 1 aliphatic rings. The molecule has 0 radical (unpaired) electrons. The van der Waals surface area contributed by atoms with Crippen LogP contribution in [-0.4, -0.2) is 35.4 Å². The van der Waals surface area contributed by atoms with E-state index in [0.29, 0.717) is 18.4 Å². The summed E-state index contributed by atoms with van der Waals surface area (Å²) in [5, 5.41) is 1.07. The number of rotatable bonds is 6. The number of carbonyl (C=O) groups excluding carboxylic acids is 1. The Labute approximate surface area is 148 Å². The fraction of sp³-hybridized carbons (Fsp3) is 0.579. The van der Waals surface area contributed by atoms with Crippen molar-refractivity contribution in [2.75, 3.05) is 19.6 Å². The molecule has 1 amide bonds. The normalized spacial score (nSPS) is 18.5. The lowest BCUT2D eigenvalue weighted by atomic mass is 9.78. The summed E-state index contributed by atoms with van der Waals surface area (Å²) >= 11 is 1.72. The Kier molecular flexibility index (Phi) is 5.21. The van der Waals surface area contributed by atoms with E-state index in [2.05, 4.69) is 19.9 Å². The first-order valence-corrected chi connectivity index (χ1v) is 9.77. The summed E-state index contributed by atoms with van der Waals surface area (Å²) in [6, 6.07) is 8.20. The third-order valence-electron chi connectivity index (χ3n) is 5.54. The number of hydrogen-bond acceptors (Lipinski definition) is 4. The first kappa shape index (κ1) is 17.4. The zero-order valence-electron chi connectivity index (χ0n) is 14.6. The van der Waals surface area contributed by atoms with E-state index in [4.69, 9.17) is 10.7 Å². The smallest absolute Gasteiger partial charge is 0.229 e. The van der Waals surface area contributed by atoms with Crippen molar-refractivity contribution >= 4 is 27.5 Å². The van der Waals surface area contributed by atoms with E-state index in [9.17, 15) is 4.79 Å². The SMILES string of the molecule is CCC(CC)(Cc1nc2ccccc2s1)C(=O)N1CCC(CN)C1. The molecule has 0 saturated carbocycles. The minimum Gasteiger partial charge on any atom is -0.342 e. The number of para-hydroxylation sites is 1. The van der Waals surface area contributed by atoms with Crippen LogP contribution in [0.25, 0.3) is 10.2 Å². The molecule has 1 aliphatic heterocycles. The summed E-state index contributed by atoms with van der Waals surface area (Å²) in [5.41, 5.74) is 6.49. The largest absolute Gasteiger partial charge is 0.342 e. The van der Waals surface area contributed by atoms with Gasteiger partial charge < -0.3 is 10.6 Å². The van der Waals surface area contributed by atoms with Gasteiger partial charge in [-0.3, -0.25) is 4.79 Å². The van der Waals surface area contributed by atoms with Crippen LogP contribution < -0.4 is 5.73 Å². The number of aromatic nitrogens is 1. The highest BCUT2D eigenvalue weighted by Gasteiger charge is 2.41. The summed E-state index contributed by atoms with van der Waals surface area (Å²) in [4.78, 5) is 20.1. The maximum absolute atomic E-state index is 13.3. The quantitative estimate of drug-likeness (QED) is 0.872. The summed E-state index contributed by atoms with van der Waals surface area (Å²) in [6.45, 7) is 6.60. The lowest BCUT2D eigenvalue weighted by molar-refractivity contribution is -0.141. The van der Waals surface area contributed by atoms with Gasteiger partial charge >= 0.3 is 0 Å². The molecule has 130 valence electrons. The zero-order chi connectivity index (χ0) is 17.2. The van der Waals surface area contributed by atoms with Crippen molar-refractivity contribution in [2.45, 2.75) is 39.5 Å². The minimum absolute atomic E-state index is 0.294. The minimum atomic E-state index is -0.336. The fourth-order valence-corrected chi connectivity index (χ4v) is 4.82. The van der Waals surface area contributed by atoms with Crippen LogP contribution in [0.15, 0.2) is 24.3 Å². The van der Waals surface area contributed by atoms with Crippen LogP contribution in [0.3, 0.4) is 0 Å². The molecule has 0 spiro atoms. The van der Waals surface area contributed by atoms with Gasteiger partial charge in [-0.1, -0.05) is 26.0 Å². The van der Waals surface area contributed by atoms with E-state index in [-0.39, 0.29) is 5.41 Å². The molecule has 4 nitrogen and oxygen atoms in total. The number of benzene rings is 1. The molecule has 1 fully saturated rings. The van der Waals surface area contributed by atoms with Crippen molar-refractivity contribution in [1.29, 1.82) is 0 Å². The number of amides is 1. The number of likely N-dealkylation sites (tertiary alicyclic amines) is 1. The van der Waals surface area contributed by atoms with Crippen molar-refractivity contribution in [1.82, 2.24) is 9.88 Å². The summed E-state index contributed by atoms with van der Waals surface area (Å²) in [5.74, 6) is 0.755. The third-order valence-corrected chi connectivity index (χ3v) is 6.58. The fourth-order valence-electron chi connectivity index (χ4n) is 3.71. The number of hydrogen-bond donors (Lipinski definition) is 1. The van der Waals surface area contributed by atoms with Crippen molar-refractivity contribution in [3.05, 3.63) is 29.3 Å². The Morgan fingerprint density at radius 1 is 1.38 bits per heavy atom. The second kappa shape index (κ2) is 7.19. The van der Waals surface area contributed by atoms with E-state index >= 15 is 0 Å². The Hall–Kier alpha value is -1.46. The van der Waals surface area contributed by atoms with Gasteiger partial charge in [0.15, 0.2) is 0 Å². The van der Waals surface area contributed by atoms with Gasteiger partial charge in [0.05, 0.1) is 20.6 Å². The van der Waals surface area contributed by atoms with Crippen LogP contribution in [0.4, 0.5) is 0 Å². The first-order chi connectivity index (χ1) is 11.6. The molecule has 2 aromatic rings. The molecular weight excluding hydrogens is 318 g/mol. The predicted molar refractivity (Wildman–Crippen MR) is 100 cm³/mol. The van der Waals surface area contributed by atoms with Gasteiger partial charge in [0.25, 0.3) is 0 Å². The summed E-state index contributed by atoms with van der Waals surface area (Å²) < 4.78 is 1.20. The average Bonchev–Trinajstić information content (AvgIpc) is 3.25. The lowest BCUT2D eigenvalue weighted by Crippen LogP contribution is -2.44. The second-order valence-corrected chi connectivity index (χ2v) is 8.00. The van der Waals surface area contributed by atoms with Crippen molar-refractivity contribution < 1.29 is 4.79 Å². The molecule has 5 heteroatoms. The van der Waals surface area contributed by atoms with Crippen LogP contribution >= 0.6 is 11.3 Å². The third kappa shape index (κ3) is 3.20. The predicted octanol–water partition coefficient (Wildman–Crippen LogP) is 3.45. The maximum Gasteiger partial charge on any atom is 0.229 e. The number of thiazole rings is 1. The molecule has 1 aromatic heterocycles. The van der Waals surface area contributed by atoms with Crippen molar-refractivity contribution in [3.8, 4) is 0 Å². The molecular formula is C19H27N3OS. The molecule has 1 aromatic carbocycles. The maximum atomic E-state index is 13.3. The van der Waals surface area contributed by atoms with Crippen molar-refractivity contribution in [2.24, 2.45) is 17.1 Å². The highest BCUT2D eigenvalue weighted by molar-refractivity contribution is 7.18. The van der Waals surface area contributed by atoms with Crippen LogP contribution in [0.2, 0.25) is 0 Å². The van der Waals surface area contributed by atoms with E-state index in [1.165, 1.54) is 4.70 Å². The molecule has 0 aliphatic carbocycles. The van der Waals surface area contributed by atoms with Gasteiger partial charge in [0.2, 0.25) is 5.91 Å². The van der Waals surface area contributed by atoms with E-state index in [1.54, 1.807) is 11.3 Å². The number of carbonyl (C=O) groups is 1. The molecule has 1 unspecified atom stereocenters. The van der Waals surface area contributed by atoms with Gasteiger partial charge in [-0.2, -0.15) is 0 Å². The molecule has 2 heterocycles. The van der Waals surface area contributed by atoms with Crippen LogP contribution in [0, 0.1) is 11.3 Å². The average molecular weight is 346 g/mol.